The molecule has 2 aromatic rings. The Balaban J connectivity index is 1.75. The van der Waals surface area contributed by atoms with Crippen LogP contribution < -0.4 is 5.32 Å². The van der Waals surface area contributed by atoms with Gasteiger partial charge in [0.15, 0.2) is 0 Å². The summed E-state index contributed by atoms with van der Waals surface area (Å²) < 4.78 is 2.33. The van der Waals surface area contributed by atoms with Crippen LogP contribution in [-0.4, -0.2) is 40.5 Å². The number of rotatable bonds is 4. The van der Waals surface area contributed by atoms with Crippen molar-refractivity contribution in [3.05, 3.63) is 30.1 Å². The zero-order valence-corrected chi connectivity index (χ0v) is 14.2. The van der Waals surface area contributed by atoms with Gasteiger partial charge in [-0.1, -0.05) is 12.1 Å². The molecule has 5 heteroatoms. The number of piperidine rings is 1. The number of nitrogens with one attached hydrogen (secondary N) is 1. The molecule has 2 heterocycles. The zero-order valence-electron chi connectivity index (χ0n) is 14.2. The fraction of sp³-hybridized carbons (Fsp3) is 0.556. The van der Waals surface area contributed by atoms with Gasteiger partial charge in [-0.05, 0) is 51.9 Å². The molecule has 1 N–H and O–H groups in total. The Morgan fingerprint density at radius 1 is 1.30 bits per heavy atom. The largest absolute Gasteiger partial charge is 0.359 e. The van der Waals surface area contributed by atoms with Crippen LogP contribution in [0.5, 0.6) is 0 Å². The number of likely N-dealkylation sites (tertiary alicyclic amines) is 1. The Morgan fingerprint density at radius 3 is 2.65 bits per heavy atom. The second kappa shape index (κ2) is 6.71. The molecule has 3 rings (SSSR count). The number of aromatic nitrogens is 2. The van der Waals surface area contributed by atoms with Crippen molar-refractivity contribution < 1.29 is 4.79 Å². The zero-order chi connectivity index (χ0) is 16.4. The first-order chi connectivity index (χ1) is 11.1. The lowest BCUT2D eigenvalue weighted by Crippen LogP contribution is -2.39. The quantitative estimate of drug-likeness (QED) is 0.943. The van der Waals surface area contributed by atoms with Gasteiger partial charge in [-0.15, -0.1) is 0 Å². The highest BCUT2D eigenvalue weighted by Crippen LogP contribution is 2.24. The molecule has 0 spiro atoms. The lowest BCUT2D eigenvalue weighted by atomic mass is 9.96. The normalized spacial score (nSPS) is 17.0. The summed E-state index contributed by atoms with van der Waals surface area (Å²) in [5, 5.41) is 2.77. The van der Waals surface area contributed by atoms with Crippen molar-refractivity contribution in [2.45, 2.75) is 39.3 Å². The van der Waals surface area contributed by atoms with Crippen LogP contribution >= 0.6 is 0 Å². The Hall–Kier alpha value is -1.88. The first-order valence-corrected chi connectivity index (χ1v) is 8.50. The van der Waals surface area contributed by atoms with E-state index in [0.29, 0.717) is 6.04 Å². The van der Waals surface area contributed by atoms with Crippen LogP contribution in [0.2, 0.25) is 0 Å². The third kappa shape index (κ3) is 3.24. The van der Waals surface area contributed by atoms with E-state index < -0.39 is 0 Å². The van der Waals surface area contributed by atoms with Gasteiger partial charge in [0.2, 0.25) is 5.91 Å². The van der Waals surface area contributed by atoms with E-state index in [1.165, 1.54) is 5.52 Å². The number of fused-ring (bicyclic) bond motifs is 1. The van der Waals surface area contributed by atoms with E-state index in [9.17, 15) is 4.79 Å². The predicted octanol–water partition coefficient (Wildman–Crippen LogP) is 2.58. The van der Waals surface area contributed by atoms with Gasteiger partial charge in [-0.2, -0.15) is 0 Å². The van der Waals surface area contributed by atoms with E-state index >= 15 is 0 Å². The molecule has 0 unspecified atom stereocenters. The number of hydrogen-bond acceptors (Lipinski definition) is 3. The van der Waals surface area contributed by atoms with Crippen molar-refractivity contribution in [1.29, 1.82) is 0 Å². The highest BCUT2D eigenvalue weighted by Gasteiger charge is 2.25. The summed E-state index contributed by atoms with van der Waals surface area (Å²) in [6.45, 7) is 7.18. The minimum Gasteiger partial charge on any atom is -0.359 e. The molecule has 1 fully saturated rings. The maximum Gasteiger partial charge on any atom is 0.222 e. The molecule has 1 aromatic heterocycles. The number of carbonyl (C=O) groups is 1. The summed E-state index contributed by atoms with van der Waals surface area (Å²) in [6, 6.07) is 8.72. The third-order valence-electron chi connectivity index (χ3n) is 4.76. The highest BCUT2D eigenvalue weighted by atomic mass is 16.1. The Morgan fingerprint density at radius 2 is 2.00 bits per heavy atom. The molecule has 0 radical (unpaired) electrons. The van der Waals surface area contributed by atoms with E-state index in [0.717, 1.165) is 43.8 Å². The Kier molecular flexibility index (Phi) is 4.66. The standard InChI is InChI=1S/C18H26N4O/c1-13(2)22-16-7-5-4-6-15(16)20-17(22)12-21-10-8-14(9-11-21)18(23)19-3/h4-7,13-14H,8-12H2,1-3H3,(H,19,23). The van der Waals surface area contributed by atoms with Gasteiger partial charge in [0, 0.05) is 19.0 Å². The second-order valence-corrected chi connectivity index (χ2v) is 6.65. The van der Waals surface area contributed by atoms with E-state index in [2.05, 4.69) is 46.8 Å². The molecule has 1 saturated heterocycles. The molecule has 1 aliphatic heterocycles. The highest BCUT2D eigenvalue weighted by molar-refractivity contribution is 5.78. The molecular weight excluding hydrogens is 288 g/mol. The summed E-state index contributed by atoms with van der Waals surface area (Å²) in [5.74, 6) is 1.47. The third-order valence-corrected chi connectivity index (χ3v) is 4.76. The van der Waals surface area contributed by atoms with E-state index in [1.54, 1.807) is 7.05 Å². The van der Waals surface area contributed by atoms with Gasteiger partial charge >= 0.3 is 0 Å². The predicted molar refractivity (Wildman–Crippen MR) is 92.2 cm³/mol. The van der Waals surface area contributed by atoms with E-state index in [-0.39, 0.29) is 11.8 Å². The second-order valence-electron chi connectivity index (χ2n) is 6.65. The van der Waals surface area contributed by atoms with Crippen molar-refractivity contribution in [3.8, 4) is 0 Å². The van der Waals surface area contributed by atoms with Crippen molar-refractivity contribution in [1.82, 2.24) is 19.8 Å². The first kappa shape index (κ1) is 16.0. The van der Waals surface area contributed by atoms with Gasteiger partial charge in [-0.3, -0.25) is 9.69 Å². The molecule has 0 atom stereocenters. The molecular formula is C18H26N4O. The van der Waals surface area contributed by atoms with Gasteiger partial charge in [-0.25, -0.2) is 4.98 Å². The van der Waals surface area contributed by atoms with Crippen LogP contribution in [0, 0.1) is 5.92 Å². The minimum absolute atomic E-state index is 0.167. The summed E-state index contributed by atoms with van der Waals surface area (Å²) in [6.07, 6.45) is 1.86. The summed E-state index contributed by atoms with van der Waals surface area (Å²) in [7, 11) is 1.72. The maximum absolute atomic E-state index is 11.7. The minimum atomic E-state index is 0.167. The van der Waals surface area contributed by atoms with Crippen molar-refractivity contribution in [2.24, 2.45) is 5.92 Å². The average Bonchev–Trinajstić information content (AvgIpc) is 2.92. The number of carbonyl (C=O) groups excluding carboxylic acids is 1. The molecule has 5 nitrogen and oxygen atoms in total. The fourth-order valence-electron chi connectivity index (χ4n) is 3.54. The van der Waals surface area contributed by atoms with E-state index in [4.69, 9.17) is 4.98 Å². The summed E-state index contributed by atoms with van der Waals surface area (Å²) in [5.41, 5.74) is 2.27. The molecule has 0 aliphatic carbocycles. The van der Waals surface area contributed by atoms with Gasteiger partial charge in [0.25, 0.3) is 0 Å². The topological polar surface area (TPSA) is 50.2 Å². The van der Waals surface area contributed by atoms with Crippen LogP contribution in [-0.2, 0) is 11.3 Å². The van der Waals surface area contributed by atoms with Crippen LogP contribution in [0.25, 0.3) is 11.0 Å². The number of para-hydroxylation sites is 2. The van der Waals surface area contributed by atoms with Gasteiger partial charge in [0.1, 0.15) is 5.82 Å². The Labute approximate surface area is 137 Å². The summed E-state index contributed by atoms with van der Waals surface area (Å²) >= 11 is 0. The van der Waals surface area contributed by atoms with Crippen LogP contribution in [0.3, 0.4) is 0 Å². The number of benzene rings is 1. The number of hydrogen-bond donors (Lipinski definition) is 1. The monoisotopic (exact) mass is 314 g/mol. The first-order valence-electron chi connectivity index (χ1n) is 8.50. The van der Waals surface area contributed by atoms with Crippen LogP contribution in [0.1, 0.15) is 38.6 Å². The smallest absolute Gasteiger partial charge is 0.222 e. The van der Waals surface area contributed by atoms with Crippen molar-refractivity contribution >= 4 is 16.9 Å². The van der Waals surface area contributed by atoms with Crippen LogP contribution in [0.4, 0.5) is 0 Å². The number of nitrogens with zero attached hydrogens (tertiary/aromatic N) is 3. The number of imidazole rings is 1. The van der Waals surface area contributed by atoms with Gasteiger partial charge < -0.3 is 9.88 Å². The molecule has 124 valence electrons. The molecule has 0 bridgehead atoms. The number of amides is 1. The molecule has 1 aliphatic rings. The molecule has 1 aromatic carbocycles. The SMILES string of the molecule is CNC(=O)C1CCN(Cc2nc3ccccc3n2C(C)C)CC1. The van der Waals surface area contributed by atoms with Crippen molar-refractivity contribution in [3.63, 3.8) is 0 Å². The lowest BCUT2D eigenvalue weighted by molar-refractivity contribution is -0.125. The fourth-order valence-corrected chi connectivity index (χ4v) is 3.54. The molecule has 1 amide bonds. The van der Waals surface area contributed by atoms with Gasteiger partial charge in [0.05, 0.1) is 17.6 Å². The summed E-state index contributed by atoms with van der Waals surface area (Å²) in [4.78, 5) is 19.0. The van der Waals surface area contributed by atoms with E-state index in [1.807, 2.05) is 6.07 Å². The average molecular weight is 314 g/mol. The molecule has 0 saturated carbocycles. The molecule has 23 heavy (non-hydrogen) atoms. The van der Waals surface area contributed by atoms with Crippen LogP contribution in [0.15, 0.2) is 24.3 Å². The van der Waals surface area contributed by atoms with Crippen molar-refractivity contribution in [2.75, 3.05) is 20.1 Å². The maximum atomic E-state index is 11.7. The Bertz CT molecular complexity index is 683. The lowest BCUT2D eigenvalue weighted by Gasteiger charge is -2.31.